The van der Waals surface area contributed by atoms with E-state index in [1.165, 1.54) is 11.8 Å². The first-order valence-corrected chi connectivity index (χ1v) is 8.03. The molecule has 0 bridgehead atoms. The second kappa shape index (κ2) is 6.07. The minimum absolute atomic E-state index is 0.0237. The molecule has 0 aliphatic carbocycles. The number of anilines is 1. The van der Waals surface area contributed by atoms with Gasteiger partial charge in [-0.15, -0.1) is 11.8 Å². The molecule has 0 aromatic heterocycles. The summed E-state index contributed by atoms with van der Waals surface area (Å²) >= 11 is 1.51. The van der Waals surface area contributed by atoms with E-state index in [2.05, 4.69) is 10.6 Å². The largest absolute Gasteiger partial charge is 0.376 e. The van der Waals surface area contributed by atoms with E-state index in [1.54, 1.807) is 12.1 Å². The maximum atomic E-state index is 12.1. The lowest BCUT2D eigenvalue weighted by Gasteiger charge is -2.21. The summed E-state index contributed by atoms with van der Waals surface area (Å²) in [5.41, 5.74) is 1.27. The van der Waals surface area contributed by atoms with Crippen LogP contribution in [-0.4, -0.2) is 36.3 Å². The number of hydrogen-bond acceptors (Lipinski definition) is 4. The molecule has 112 valence electrons. The fraction of sp³-hybridized carbons (Fsp3) is 0.467. The van der Waals surface area contributed by atoms with E-state index in [4.69, 9.17) is 4.74 Å². The lowest BCUT2D eigenvalue weighted by Crippen LogP contribution is -2.32. The van der Waals surface area contributed by atoms with Crippen LogP contribution >= 0.6 is 11.8 Å². The Labute approximate surface area is 127 Å². The lowest BCUT2D eigenvalue weighted by molar-refractivity contribution is -0.115. The molecule has 2 amide bonds. The number of rotatable bonds is 3. The van der Waals surface area contributed by atoms with E-state index in [-0.39, 0.29) is 23.2 Å². The monoisotopic (exact) mass is 306 g/mol. The van der Waals surface area contributed by atoms with Gasteiger partial charge in [-0.25, -0.2) is 0 Å². The molecule has 1 aromatic carbocycles. The highest BCUT2D eigenvalue weighted by atomic mass is 32.2. The first-order valence-electron chi connectivity index (χ1n) is 7.15. The molecule has 0 saturated carbocycles. The van der Waals surface area contributed by atoms with Crippen LogP contribution in [0.1, 0.15) is 30.1 Å². The molecule has 1 saturated heterocycles. The molecule has 2 atom stereocenters. The zero-order valence-corrected chi connectivity index (χ0v) is 12.7. The van der Waals surface area contributed by atoms with Crippen LogP contribution in [-0.2, 0) is 9.53 Å². The summed E-state index contributed by atoms with van der Waals surface area (Å²) in [6.07, 6.45) is 2.18. The fourth-order valence-electron chi connectivity index (χ4n) is 2.46. The molecule has 2 unspecified atom stereocenters. The summed E-state index contributed by atoms with van der Waals surface area (Å²) in [5.74, 6) is -0.157. The number of ether oxygens (including phenoxy) is 1. The predicted molar refractivity (Wildman–Crippen MR) is 81.7 cm³/mol. The number of carbonyl (C=O) groups is 2. The van der Waals surface area contributed by atoms with Gasteiger partial charge in [-0.3, -0.25) is 9.59 Å². The molecule has 0 radical (unpaired) electrons. The molecule has 6 heteroatoms. The molecule has 2 heterocycles. The SMILES string of the molecule is CC1Sc2ccc(C(=O)NCC3CCCO3)cc2NC1=O. The van der Waals surface area contributed by atoms with Crippen LogP contribution in [0, 0.1) is 0 Å². The summed E-state index contributed by atoms with van der Waals surface area (Å²) in [6, 6.07) is 5.41. The molecule has 5 nitrogen and oxygen atoms in total. The topological polar surface area (TPSA) is 67.4 Å². The minimum Gasteiger partial charge on any atom is -0.376 e. The second-order valence-corrected chi connectivity index (χ2v) is 6.69. The van der Waals surface area contributed by atoms with Gasteiger partial charge in [0.1, 0.15) is 0 Å². The summed E-state index contributed by atoms with van der Waals surface area (Å²) in [6.45, 7) is 3.18. The van der Waals surface area contributed by atoms with Crippen LogP contribution in [0.2, 0.25) is 0 Å². The smallest absolute Gasteiger partial charge is 0.251 e. The van der Waals surface area contributed by atoms with Crippen molar-refractivity contribution in [1.82, 2.24) is 5.32 Å². The lowest BCUT2D eigenvalue weighted by atomic mass is 10.1. The van der Waals surface area contributed by atoms with Crippen LogP contribution in [0.25, 0.3) is 0 Å². The Bertz CT molecular complexity index is 570. The first kappa shape index (κ1) is 14.4. The van der Waals surface area contributed by atoms with Crippen molar-refractivity contribution in [1.29, 1.82) is 0 Å². The van der Waals surface area contributed by atoms with Crippen molar-refractivity contribution >= 4 is 29.3 Å². The Balaban J connectivity index is 1.67. The number of carbonyl (C=O) groups excluding carboxylic acids is 2. The van der Waals surface area contributed by atoms with Crippen molar-refractivity contribution in [3.8, 4) is 0 Å². The van der Waals surface area contributed by atoms with Crippen LogP contribution in [0.3, 0.4) is 0 Å². The zero-order chi connectivity index (χ0) is 14.8. The van der Waals surface area contributed by atoms with E-state index in [1.807, 2.05) is 13.0 Å². The Hall–Kier alpha value is -1.53. The van der Waals surface area contributed by atoms with Crippen molar-refractivity contribution in [2.45, 2.75) is 36.0 Å². The highest BCUT2D eigenvalue weighted by molar-refractivity contribution is 8.00. The third-order valence-electron chi connectivity index (χ3n) is 3.69. The van der Waals surface area contributed by atoms with E-state index in [9.17, 15) is 9.59 Å². The number of hydrogen-bond donors (Lipinski definition) is 2. The highest BCUT2D eigenvalue weighted by Crippen LogP contribution is 2.35. The van der Waals surface area contributed by atoms with Crippen LogP contribution in [0.5, 0.6) is 0 Å². The maximum Gasteiger partial charge on any atom is 0.251 e. The van der Waals surface area contributed by atoms with Crippen molar-refractivity contribution in [3.63, 3.8) is 0 Å². The van der Waals surface area contributed by atoms with E-state index in [0.29, 0.717) is 17.8 Å². The quantitative estimate of drug-likeness (QED) is 0.896. The molecule has 2 N–H and O–H groups in total. The zero-order valence-electron chi connectivity index (χ0n) is 11.8. The molecule has 2 aliphatic rings. The molecule has 21 heavy (non-hydrogen) atoms. The number of thioether (sulfide) groups is 1. The van der Waals surface area contributed by atoms with E-state index in [0.717, 1.165) is 24.3 Å². The summed E-state index contributed by atoms with van der Waals surface area (Å²) in [5, 5.41) is 5.62. The number of nitrogens with one attached hydrogen (secondary N) is 2. The van der Waals surface area contributed by atoms with E-state index >= 15 is 0 Å². The van der Waals surface area contributed by atoms with Gasteiger partial charge in [0.2, 0.25) is 5.91 Å². The van der Waals surface area contributed by atoms with Crippen molar-refractivity contribution in [3.05, 3.63) is 23.8 Å². The second-order valence-electron chi connectivity index (χ2n) is 5.31. The molecule has 2 aliphatic heterocycles. The van der Waals surface area contributed by atoms with Crippen LogP contribution < -0.4 is 10.6 Å². The summed E-state index contributed by atoms with van der Waals surface area (Å²) < 4.78 is 5.48. The third-order valence-corrected chi connectivity index (χ3v) is 4.86. The number of amides is 2. The molecule has 3 rings (SSSR count). The Morgan fingerprint density at radius 3 is 3.14 bits per heavy atom. The molecule has 0 spiro atoms. The maximum absolute atomic E-state index is 12.1. The fourth-order valence-corrected chi connectivity index (χ4v) is 3.39. The highest BCUT2D eigenvalue weighted by Gasteiger charge is 2.24. The number of fused-ring (bicyclic) bond motifs is 1. The molecular formula is C15H18N2O3S. The average molecular weight is 306 g/mol. The summed E-state index contributed by atoms with van der Waals surface area (Å²) in [4.78, 5) is 24.8. The third kappa shape index (κ3) is 3.22. The predicted octanol–water partition coefficient (Wildman–Crippen LogP) is 2.03. The molecule has 1 fully saturated rings. The minimum atomic E-state index is -0.133. The standard InChI is InChI=1S/C15H18N2O3S/c1-9-14(18)17-12-7-10(4-5-13(12)21-9)15(19)16-8-11-3-2-6-20-11/h4-5,7,9,11H,2-3,6,8H2,1H3,(H,16,19)(H,17,18). The first-order chi connectivity index (χ1) is 10.1. The van der Waals surface area contributed by atoms with Crippen molar-refractivity contribution in [2.24, 2.45) is 0 Å². The van der Waals surface area contributed by atoms with Gasteiger partial charge in [0.25, 0.3) is 5.91 Å². The van der Waals surface area contributed by atoms with Gasteiger partial charge < -0.3 is 15.4 Å². The summed E-state index contributed by atoms with van der Waals surface area (Å²) in [7, 11) is 0. The molecular weight excluding hydrogens is 288 g/mol. The van der Waals surface area contributed by atoms with Gasteiger partial charge in [-0.2, -0.15) is 0 Å². The van der Waals surface area contributed by atoms with Gasteiger partial charge in [-0.1, -0.05) is 0 Å². The van der Waals surface area contributed by atoms with Crippen molar-refractivity contribution in [2.75, 3.05) is 18.5 Å². The Morgan fingerprint density at radius 2 is 2.38 bits per heavy atom. The molecule has 1 aromatic rings. The Morgan fingerprint density at radius 1 is 1.52 bits per heavy atom. The van der Waals surface area contributed by atoms with Crippen LogP contribution in [0.15, 0.2) is 23.1 Å². The van der Waals surface area contributed by atoms with Crippen LogP contribution in [0.4, 0.5) is 5.69 Å². The van der Waals surface area contributed by atoms with Gasteiger partial charge >= 0.3 is 0 Å². The normalized spacial score (nSPS) is 24.3. The van der Waals surface area contributed by atoms with E-state index < -0.39 is 0 Å². The van der Waals surface area contributed by atoms with Crippen molar-refractivity contribution < 1.29 is 14.3 Å². The van der Waals surface area contributed by atoms with Gasteiger partial charge in [-0.05, 0) is 38.0 Å². The van der Waals surface area contributed by atoms with Gasteiger partial charge in [0.15, 0.2) is 0 Å². The number of benzene rings is 1. The van der Waals surface area contributed by atoms with Gasteiger partial charge in [0, 0.05) is 23.6 Å². The Kier molecular flexibility index (Phi) is 4.17. The average Bonchev–Trinajstić information content (AvgIpc) is 2.99. The van der Waals surface area contributed by atoms with Gasteiger partial charge in [0.05, 0.1) is 17.0 Å².